The molecule has 0 aliphatic heterocycles. The quantitative estimate of drug-likeness (QED) is 0.932. The van der Waals surface area contributed by atoms with Crippen LogP contribution >= 0.6 is 0 Å². The van der Waals surface area contributed by atoms with Gasteiger partial charge in [0.1, 0.15) is 17.8 Å². The van der Waals surface area contributed by atoms with Gasteiger partial charge in [0.15, 0.2) is 0 Å². The van der Waals surface area contributed by atoms with E-state index in [0.29, 0.717) is 17.7 Å². The topological polar surface area (TPSA) is 90.3 Å². The van der Waals surface area contributed by atoms with Gasteiger partial charge in [-0.05, 0) is 39.0 Å². The van der Waals surface area contributed by atoms with E-state index in [2.05, 4.69) is 36.4 Å². The summed E-state index contributed by atoms with van der Waals surface area (Å²) in [6, 6.07) is 9.07. The van der Waals surface area contributed by atoms with Gasteiger partial charge in [-0.1, -0.05) is 5.21 Å². The number of aromatic nitrogens is 3. The van der Waals surface area contributed by atoms with Crippen LogP contribution in [0.5, 0.6) is 0 Å². The van der Waals surface area contributed by atoms with E-state index in [1.807, 2.05) is 23.0 Å². The predicted octanol–water partition coefficient (Wildman–Crippen LogP) is 2.39. The molecule has 0 aliphatic rings. The summed E-state index contributed by atoms with van der Waals surface area (Å²) >= 11 is 0. The maximum Gasteiger partial charge on any atom is 0.102 e. The number of anilines is 1. The highest BCUT2D eigenvalue weighted by Crippen LogP contribution is 2.16. The first-order valence-corrected chi connectivity index (χ1v) is 6.54. The smallest absolute Gasteiger partial charge is 0.102 e. The number of benzene rings is 1. The number of nitrogens with zero attached hydrogens (tertiary/aromatic N) is 5. The van der Waals surface area contributed by atoms with Crippen molar-refractivity contribution in [1.82, 2.24) is 15.0 Å². The molecule has 6 heteroatoms. The van der Waals surface area contributed by atoms with E-state index in [1.165, 1.54) is 0 Å². The van der Waals surface area contributed by atoms with Gasteiger partial charge in [-0.3, -0.25) is 0 Å². The Balaban J connectivity index is 2.09. The third kappa shape index (κ3) is 3.37. The van der Waals surface area contributed by atoms with E-state index in [1.54, 1.807) is 18.2 Å². The van der Waals surface area contributed by atoms with Gasteiger partial charge in [0.25, 0.3) is 0 Å². The summed E-state index contributed by atoms with van der Waals surface area (Å²) in [7, 11) is 0. The van der Waals surface area contributed by atoms with Gasteiger partial charge in [-0.15, -0.1) is 5.10 Å². The second kappa shape index (κ2) is 5.64. The van der Waals surface area contributed by atoms with Crippen LogP contribution in [-0.4, -0.2) is 15.0 Å². The van der Waals surface area contributed by atoms with Crippen LogP contribution in [0.2, 0.25) is 0 Å². The Kier molecular flexibility index (Phi) is 3.91. The molecule has 0 spiro atoms. The van der Waals surface area contributed by atoms with Crippen molar-refractivity contribution >= 4 is 5.69 Å². The van der Waals surface area contributed by atoms with Gasteiger partial charge in [-0.2, -0.15) is 10.5 Å². The number of hydrogen-bond donors (Lipinski definition) is 1. The highest BCUT2D eigenvalue weighted by Gasteiger charge is 2.14. The van der Waals surface area contributed by atoms with Crippen LogP contribution < -0.4 is 5.32 Å². The van der Waals surface area contributed by atoms with E-state index >= 15 is 0 Å². The van der Waals surface area contributed by atoms with Gasteiger partial charge >= 0.3 is 0 Å². The SMILES string of the molecule is CC(C)(C)n1cc(CNc2ccc(C#N)c(C#N)c2)nn1. The number of nitrogens with one attached hydrogen (secondary N) is 1. The Morgan fingerprint density at radius 3 is 2.48 bits per heavy atom. The zero-order chi connectivity index (χ0) is 15.5. The third-order valence-corrected chi connectivity index (χ3v) is 2.96. The van der Waals surface area contributed by atoms with E-state index in [9.17, 15) is 0 Å². The fourth-order valence-electron chi connectivity index (χ4n) is 1.74. The summed E-state index contributed by atoms with van der Waals surface area (Å²) in [6.07, 6.45) is 1.89. The molecule has 0 aliphatic carbocycles. The molecule has 0 atom stereocenters. The second-order valence-corrected chi connectivity index (χ2v) is 5.66. The van der Waals surface area contributed by atoms with E-state index < -0.39 is 0 Å². The molecule has 2 aromatic rings. The van der Waals surface area contributed by atoms with E-state index in [4.69, 9.17) is 10.5 Å². The van der Waals surface area contributed by atoms with Crippen LogP contribution in [0.3, 0.4) is 0 Å². The Morgan fingerprint density at radius 2 is 1.90 bits per heavy atom. The third-order valence-electron chi connectivity index (χ3n) is 2.96. The number of rotatable bonds is 3. The lowest BCUT2D eigenvalue weighted by molar-refractivity contribution is 0.347. The van der Waals surface area contributed by atoms with Crippen LogP contribution in [0.4, 0.5) is 5.69 Å². The van der Waals surface area contributed by atoms with E-state index in [0.717, 1.165) is 11.4 Å². The Labute approximate surface area is 123 Å². The average Bonchev–Trinajstić information content (AvgIpc) is 2.93. The van der Waals surface area contributed by atoms with Crippen molar-refractivity contribution in [3.8, 4) is 12.1 Å². The minimum atomic E-state index is -0.104. The molecule has 0 radical (unpaired) electrons. The minimum Gasteiger partial charge on any atom is -0.379 e. The van der Waals surface area contributed by atoms with Crippen molar-refractivity contribution < 1.29 is 0 Å². The zero-order valence-electron chi connectivity index (χ0n) is 12.3. The van der Waals surface area contributed by atoms with Crippen LogP contribution in [0, 0.1) is 22.7 Å². The Bertz CT molecular complexity index is 724. The van der Waals surface area contributed by atoms with E-state index in [-0.39, 0.29) is 5.54 Å². The first-order valence-electron chi connectivity index (χ1n) is 6.54. The van der Waals surface area contributed by atoms with Gasteiger partial charge in [-0.25, -0.2) is 4.68 Å². The lowest BCUT2D eigenvalue weighted by Gasteiger charge is -2.17. The zero-order valence-corrected chi connectivity index (χ0v) is 12.3. The molecule has 1 aromatic heterocycles. The van der Waals surface area contributed by atoms with Crippen LogP contribution in [0.25, 0.3) is 0 Å². The Hall–Kier alpha value is -2.86. The molecule has 2 rings (SSSR count). The van der Waals surface area contributed by atoms with Crippen LogP contribution in [0.15, 0.2) is 24.4 Å². The molecule has 21 heavy (non-hydrogen) atoms. The van der Waals surface area contributed by atoms with Gasteiger partial charge in [0.05, 0.1) is 29.4 Å². The Morgan fingerprint density at radius 1 is 1.19 bits per heavy atom. The highest BCUT2D eigenvalue weighted by molar-refractivity contribution is 5.56. The molecule has 6 nitrogen and oxygen atoms in total. The van der Waals surface area contributed by atoms with Gasteiger partial charge < -0.3 is 5.32 Å². The predicted molar refractivity (Wildman–Crippen MR) is 78.2 cm³/mol. The molecule has 0 unspecified atom stereocenters. The molecule has 1 heterocycles. The molecule has 0 amide bonds. The van der Waals surface area contributed by atoms with Crippen molar-refractivity contribution in [2.75, 3.05) is 5.32 Å². The fourth-order valence-corrected chi connectivity index (χ4v) is 1.74. The first kappa shape index (κ1) is 14.5. The maximum atomic E-state index is 9.00. The van der Waals surface area contributed by atoms with Crippen molar-refractivity contribution in [2.24, 2.45) is 0 Å². The normalized spacial score (nSPS) is 10.7. The largest absolute Gasteiger partial charge is 0.379 e. The lowest BCUT2D eigenvalue weighted by Crippen LogP contribution is -2.22. The molecule has 0 fully saturated rings. The van der Waals surface area contributed by atoms with Crippen LogP contribution in [-0.2, 0) is 12.1 Å². The summed E-state index contributed by atoms with van der Waals surface area (Å²) in [5.74, 6) is 0. The summed E-state index contributed by atoms with van der Waals surface area (Å²) in [4.78, 5) is 0. The maximum absolute atomic E-state index is 9.00. The standard InChI is InChI=1S/C15H16N6/c1-15(2,3)21-10-14(19-20-21)9-18-13-5-4-11(7-16)12(6-13)8-17/h4-6,10,18H,9H2,1-3H3. The van der Waals surface area contributed by atoms with Crippen molar-refractivity contribution in [1.29, 1.82) is 10.5 Å². The highest BCUT2D eigenvalue weighted by atomic mass is 15.4. The summed E-state index contributed by atoms with van der Waals surface area (Å²) < 4.78 is 1.81. The molecule has 1 N–H and O–H groups in total. The van der Waals surface area contributed by atoms with Gasteiger partial charge in [0, 0.05) is 5.69 Å². The lowest BCUT2D eigenvalue weighted by atomic mass is 10.1. The first-order chi connectivity index (χ1) is 9.94. The summed E-state index contributed by atoms with van der Waals surface area (Å²) in [5, 5.41) is 29.3. The number of nitriles is 2. The average molecular weight is 280 g/mol. The molecular weight excluding hydrogens is 264 g/mol. The number of hydrogen-bond acceptors (Lipinski definition) is 5. The molecule has 1 aromatic carbocycles. The second-order valence-electron chi connectivity index (χ2n) is 5.66. The van der Waals surface area contributed by atoms with Crippen molar-refractivity contribution in [3.05, 3.63) is 41.2 Å². The monoisotopic (exact) mass is 280 g/mol. The van der Waals surface area contributed by atoms with Crippen molar-refractivity contribution in [2.45, 2.75) is 32.9 Å². The molecule has 106 valence electrons. The summed E-state index contributed by atoms with van der Waals surface area (Å²) in [5.41, 5.74) is 2.22. The van der Waals surface area contributed by atoms with Crippen molar-refractivity contribution in [3.63, 3.8) is 0 Å². The molecule has 0 saturated heterocycles. The fraction of sp³-hybridized carbons (Fsp3) is 0.333. The summed E-state index contributed by atoms with van der Waals surface area (Å²) in [6.45, 7) is 6.67. The van der Waals surface area contributed by atoms with Crippen LogP contribution in [0.1, 0.15) is 37.6 Å². The molecule has 0 saturated carbocycles. The molecular formula is C15H16N6. The van der Waals surface area contributed by atoms with Gasteiger partial charge in [0.2, 0.25) is 0 Å². The molecule has 0 bridgehead atoms. The minimum absolute atomic E-state index is 0.104.